The van der Waals surface area contributed by atoms with Crippen LogP contribution in [-0.2, 0) is 11.2 Å². The molecular weight excluding hydrogens is 308 g/mol. The fourth-order valence-corrected chi connectivity index (χ4v) is 3.21. The van der Waals surface area contributed by atoms with Crippen LogP contribution in [0.2, 0.25) is 0 Å². The van der Waals surface area contributed by atoms with Gasteiger partial charge in [-0.05, 0) is 24.0 Å². The summed E-state index contributed by atoms with van der Waals surface area (Å²) in [5.74, 6) is -0.0961. The van der Waals surface area contributed by atoms with E-state index in [1.54, 1.807) is 0 Å². The predicted octanol–water partition coefficient (Wildman–Crippen LogP) is 4.70. The first-order valence-electron chi connectivity index (χ1n) is 8.07. The van der Waals surface area contributed by atoms with Crippen LogP contribution in [0.1, 0.15) is 43.4 Å². The molecule has 0 bridgehead atoms. The largest absolute Gasteiger partial charge is 0.386 e. The van der Waals surface area contributed by atoms with E-state index in [0.29, 0.717) is 24.8 Å². The number of aliphatic hydroxyl groups excluding tert-OH is 1. The topological polar surface area (TPSA) is 37.3 Å². The third-order valence-electron chi connectivity index (χ3n) is 4.11. The molecule has 2 rings (SSSR count). The van der Waals surface area contributed by atoms with Crippen LogP contribution in [0.3, 0.4) is 0 Å². The minimum atomic E-state index is -1.26. The first-order chi connectivity index (χ1) is 11.1. The Balaban J connectivity index is 2.13. The molecule has 0 saturated heterocycles. The summed E-state index contributed by atoms with van der Waals surface area (Å²) in [6.45, 7) is 1.97. The Kier molecular flexibility index (Phi) is 6.37. The van der Waals surface area contributed by atoms with Gasteiger partial charge in [-0.15, -0.1) is 11.6 Å². The van der Waals surface area contributed by atoms with E-state index in [1.165, 1.54) is 0 Å². The van der Waals surface area contributed by atoms with Crippen LogP contribution < -0.4 is 0 Å². The molecule has 0 saturated carbocycles. The predicted molar refractivity (Wildman–Crippen MR) is 94.7 cm³/mol. The minimum absolute atomic E-state index is 0.0961. The van der Waals surface area contributed by atoms with Crippen LogP contribution in [-0.4, -0.2) is 15.8 Å². The second-order valence-corrected chi connectivity index (χ2v) is 6.51. The third kappa shape index (κ3) is 4.43. The number of rotatable bonds is 8. The highest BCUT2D eigenvalue weighted by molar-refractivity contribution is 6.35. The number of benzene rings is 2. The Hall–Kier alpha value is -1.64. The molecule has 122 valence electrons. The van der Waals surface area contributed by atoms with E-state index in [9.17, 15) is 9.90 Å². The zero-order valence-corrected chi connectivity index (χ0v) is 14.2. The first kappa shape index (κ1) is 17.7. The van der Waals surface area contributed by atoms with Crippen molar-refractivity contribution < 1.29 is 9.90 Å². The highest BCUT2D eigenvalue weighted by Crippen LogP contribution is 2.38. The summed E-state index contributed by atoms with van der Waals surface area (Å²) < 4.78 is 0. The fourth-order valence-electron chi connectivity index (χ4n) is 2.80. The van der Waals surface area contributed by atoms with Gasteiger partial charge in [0.25, 0.3) is 0 Å². The summed E-state index contributed by atoms with van der Waals surface area (Å²) in [7, 11) is 0. The van der Waals surface area contributed by atoms with Crippen molar-refractivity contribution in [1.29, 1.82) is 0 Å². The van der Waals surface area contributed by atoms with Crippen LogP contribution in [0, 0.1) is 0 Å². The lowest BCUT2D eigenvalue weighted by atomic mass is 9.85. The van der Waals surface area contributed by atoms with E-state index < -0.39 is 11.0 Å². The van der Waals surface area contributed by atoms with Crippen LogP contribution in [0.4, 0.5) is 0 Å². The van der Waals surface area contributed by atoms with Crippen molar-refractivity contribution in [1.82, 2.24) is 0 Å². The van der Waals surface area contributed by atoms with Crippen molar-refractivity contribution in [3.05, 3.63) is 71.8 Å². The number of aryl methyl sites for hydroxylation is 1. The van der Waals surface area contributed by atoms with Crippen molar-refractivity contribution in [3.8, 4) is 0 Å². The standard InChI is InChI=1S/C20H23ClO2/c1-2-15-20(21,19(23)17-11-7-4-8-12-17)18(22)14-13-16-9-5-3-6-10-16/h3-12,19,23H,2,13-15H2,1H3. The molecule has 2 atom stereocenters. The number of hydrogen-bond acceptors (Lipinski definition) is 2. The summed E-state index contributed by atoms with van der Waals surface area (Å²) >= 11 is 6.64. The molecule has 0 aliphatic rings. The van der Waals surface area contributed by atoms with E-state index >= 15 is 0 Å². The van der Waals surface area contributed by atoms with Gasteiger partial charge in [0.15, 0.2) is 5.78 Å². The molecule has 2 aromatic rings. The second-order valence-electron chi connectivity index (χ2n) is 5.83. The Morgan fingerprint density at radius 3 is 2.22 bits per heavy atom. The van der Waals surface area contributed by atoms with Gasteiger partial charge in [-0.25, -0.2) is 0 Å². The zero-order valence-electron chi connectivity index (χ0n) is 13.4. The lowest BCUT2D eigenvalue weighted by molar-refractivity contribution is -0.125. The zero-order chi connectivity index (χ0) is 16.7. The molecule has 0 aliphatic heterocycles. The van der Waals surface area contributed by atoms with Gasteiger partial charge in [0.05, 0.1) is 0 Å². The summed E-state index contributed by atoms with van der Waals surface area (Å²) in [5.41, 5.74) is 1.79. The summed E-state index contributed by atoms with van der Waals surface area (Å²) in [6.07, 6.45) is 1.17. The van der Waals surface area contributed by atoms with Crippen molar-refractivity contribution in [3.63, 3.8) is 0 Å². The van der Waals surface area contributed by atoms with Gasteiger partial charge in [0.1, 0.15) is 11.0 Å². The molecule has 0 spiro atoms. The number of ketones is 1. The maximum Gasteiger partial charge on any atom is 0.157 e. The van der Waals surface area contributed by atoms with Gasteiger partial charge in [-0.1, -0.05) is 74.0 Å². The average Bonchev–Trinajstić information content (AvgIpc) is 2.60. The van der Waals surface area contributed by atoms with E-state index in [-0.39, 0.29) is 5.78 Å². The number of hydrogen-bond donors (Lipinski definition) is 1. The lowest BCUT2D eigenvalue weighted by Gasteiger charge is -2.31. The molecule has 2 unspecified atom stereocenters. The fraction of sp³-hybridized carbons (Fsp3) is 0.350. The molecular formula is C20H23ClO2. The lowest BCUT2D eigenvalue weighted by Crippen LogP contribution is -2.39. The Bertz CT molecular complexity index is 612. The van der Waals surface area contributed by atoms with Crippen LogP contribution in [0.15, 0.2) is 60.7 Å². The molecule has 0 aromatic heterocycles. The van der Waals surface area contributed by atoms with Gasteiger partial charge >= 0.3 is 0 Å². The SMILES string of the molecule is CCCC(Cl)(C(=O)CCc1ccccc1)C(O)c1ccccc1. The van der Waals surface area contributed by atoms with E-state index in [4.69, 9.17) is 11.6 Å². The van der Waals surface area contributed by atoms with E-state index in [2.05, 4.69) is 0 Å². The number of alkyl halides is 1. The number of halogens is 1. The molecule has 0 aliphatic carbocycles. The summed E-state index contributed by atoms with van der Waals surface area (Å²) in [6, 6.07) is 19.0. The van der Waals surface area contributed by atoms with Gasteiger partial charge in [0.2, 0.25) is 0 Å². The highest BCUT2D eigenvalue weighted by atomic mass is 35.5. The highest BCUT2D eigenvalue weighted by Gasteiger charge is 2.42. The number of carbonyl (C=O) groups is 1. The Morgan fingerprint density at radius 1 is 1.09 bits per heavy atom. The van der Waals surface area contributed by atoms with E-state index in [0.717, 1.165) is 12.0 Å². The smallest absolute Gasteiger partial charge is 0.157 e. The van der Waals surface area contributed by atoms with Gasteiger partial charge in [0, 0.05) is 6.42 Å². The monoisotopic (exact) mass is 330 g/mol. The number of Topliss-reactive ketones (excluding diaryl/α,β-unsaturated/α-hetero) is 1. The van der Waals surface area contributed by atoms with Crippen molar-refractivity contribution in [2.24, 2.45) is 0 Å². The van der Waals surface area contributed by atoms with Crippen molar-refractivity contribution in [2.75, 3.05) is 0 Å². The molecule has 23 heavy (non-hydrogen) atoms. The van der Waals surface area contributed by atoms with Crippen molar-refractivity contribution in [2.45, 2.75) is 43.6 Å². The van der Waals surface area contributed by atoms with Crippen LogP contribution in [0.25, 0.3) is 0 Å². The van der Waals surface area contributed by atoms with Gasteiger partial charge in [-0.2, -0.15) is 0 Å². The molecule has 0 heterocycles. The summed E-state index contributed by atoms with van der Waals surface area (Å²) in [5, 5.41) is 10.7. The maximum absolute atomic E-state index is 12.8. The Morgan fingerprint density at radius 2 is 1.65 bits per heavy atom. The second kappa shape index (κ2) is 8.28. The number of aliphatic hydroxyl groups is 1. The maximum atomic E-state index is 12.8. The first-order valence-corrected chi connectivity index (χ1v) is 8.45. The van der Waals surface area contributed by atoms with Crippen molar-refractivity contribution >= 4 is 17.4 Å². The molecule has 2 nitrogen and oxygen atoms in total. The van der Waals surface area contributed by atoms with Gasteiger partial charge < -0.3 is 5.11 Å². The normalized spacial score (nSPS) is 14.9. The molecule has 0 radical (unpaired) electrons. The third-order valence-corrected chi connectivity index (χ3v) is 4.72. The average molecular weight is 331 g/mol. The van der Waals surface area contributed by atoms with Gasteiger partial charge in [-0.3, -0.25) is 4.79 Å². The van der Waals surface area contributed by atoms with E-state index in [1.807, 2.05) is 67.6 Å². The Labute approximate surface area is 143 Å². The molecule has 3 heteroatoms. The summed E-state index contributed by atoms with van der Waals surface area (Å²) in [4.78, 5) is 11.5. The molecule has 0 amide bonds. The van der Waals surface area contributed by atoms with Crippen LogP contribution >= 0.6 is 11.6 Å². The van der Waals surface area contributed by atoms with Crippen LogP contribution in [0.5, 0.6) is 0 Å². The quantitative estimate of drug-likeness (QED) is 0.712. The molecule has 2 aromatic carbocycles. The molecule has 0 fully saturated rings. The molecule has 1 N–H and O–H groups in total. The number of carbonyl (C=O) groups excluding carboxylic acids is 1. The minimum Gasteiger partial charge on any atom is -0.386 e.